The first-order valence-electron chi connectivity index (χ1n) is 9.66. The number of thiophene rings is 1. The fraction of sp³-hybridized carbons (Fsp3) is 0.304. The molecule has 0 fully saturated rings. The van der Waals surface area contributed by atoms with Gasteiger partial charge in [0, 0.05) is 33.1 Å². The molecule has 1 unspecified atom stereocenters. The van der Waals surface area contributed by atoms with Crippen molar-refractivity contribution in [1.29, 1.82) is 5.26 Å². The van der Waals surface area contributed by atoms with Crippen molar-refractivity contribution < 1.29 is 4.79 Å². The molecule has 1 aromatic carbocycles. The molecule has 28 heavy (non-hydrogen) atoms. The number of hydrogen-bond acceptors (Lipinski definition) is 5. The fourth-order valence-corrected chi connectivity index (χ4v) is 5.17. The van der Waals surface area contributed by atoms with Gasteiger partial charge in [-0.3, -0.25) is 9.69 Å². The number of aryl methyl sites for hydroxylation is 2. The van der Waals surface area contributed by atoms with Crippen molar-refractivity contribution in [3.63, 3.8) is 0 Å². The van der Waals surface area contributed by atoms with E-state index in [2.05, 4.69) is 19.1 Å². The quantitative estimate of drug-likeness (QED) is 0.808. The zero-order chi connectivity index (χ0) is 19.8. The summed E-state index contributed by atoms with van der Waals surface area (Å²) in [6.07, 6.45) is 3.07. The van der Waals surface area contributed by atoms with Crippen LogP contribution in [0.25, 0.3) is 0 Å². The van der Waals surface area contributed by atoms with Crippen LogP contribution in [-0.4, -0.2) is 5.78 Å². The lowest BCUT2D eigenvalue weighted by atomic mass is 9.78. The minimum Gasteiger partial charge on any atom is -0.384 e. The summed E-state index contributed by atoms with van der Waals surface area (Å²) in [6, 6.07) is 14.5. The number of nitriles is 1. The maximum atomic E-state index is 13.0. The van der Waals surface area contributed by atoms with Crippen LogP contribution in [0.4, 0.5) is 5.69 Å². The van der Waals surface area contributed by atoms with E-state index >= 15 is 0 Å². The molecule has 2 N–H and O–H groups in total. The Balaban J connectivity index is 1.93. The molecule has 2 aliphatic rings. The Morgan fingerprint density at radius 3 is 2.61 bits per heavy atom. The molecule has 0 saturated heterocycles. The van der Waals surface area contributed by atoms with E-state index in [1.165, 1.54) is 4.88 Å². The van der Waals surface area contributed by atoms with Crippen LogP contribution < -0.4 is 10.6 Å². The molecule has 1 aromatic heterocycles. The SMILES string of the molecule is CCc1ccc(C2C(C#N)=C(N)N(c3ccc(C)cc3)C3=C2C(=O)CCC3)s1. The van der Waals surface area contributed by atoms with Crippen LogP contribution in [-0.2, 0) is 11.2 Å². The molecule has 0 saturated carbocycles. The van der Waals surface area contributed by atoms with E-state index in [9.17, 15) is 10.1 Å². The van der Waals surface area contributed by atoms with Crippen LogP contribution >= 0.6 is 11.3 Å². The van der Waals surface area contributed by atoms with Gasteiger partial charge in [0.1, 0.15) is 5.82 Å². The first kappa shape index (κ1) is 18.5. The molecule has 1 atom stereocenters. The summed E-state index contributed by atoms with van der Waals surface area (Å²) < 4.78 is 0. The van der Waals surface area contributed by atoms with Crippen molar-refractivity contribution >= 4 is 22.8 Å². The average molecular weight is 390 g/mol. The maximum Gasteiger partial charge on any atom is 0.161 e. The first-order chi connectivity index (χ1) is 13.5. The predicted molar refractivity (Wildman–Crippen MR) is 113 cm³/mol. The molecule has 2 heterocycles. The summed E-state index contributed by atoms with van der Waals surface area (Å²) in [7, 11) is 0. The van der Waals surface area contributed by atoms with Gasteiger partial charge in [0.2, 0.25) is 0 Å². The molecule has 1 aliphatic heterocycles. The van der Waals surface area contributed by atoms with Crippen LogP contribution in [0.2, 0.25) is 0 Å². The molecule has 0 amide bonds. The van der Waals surface area contributed by atoms with E-state index in [1.807, 2.05) is 42.2 Å². The van der Waals surface area contributed by atoms with Gasteiger partial charge >= 0.3 is 0 Å². The van der Waals surface area contributed by atoms with Gasteiger partial charge in [-0.2, -0.15) is 5.26 Å². The third-order valence-corrected chi connectivity index (χ3v) is 6.82. The van der Waals surface area contributed by atoms with Gasteiger partial charge in [-0.05, 0) is 50.5 Å². The lowest BCUT2D eigenvalue weighted by molar-refractivity contribution is -0.116. The summed E-state index contributed by atoms with van der Waals surface area (Å²) in [6.45, 7) is 4.15. The van der Waals surface area contributed by atoms with Crippen molar-refractivity contribution in [1.82, 2.24) is 0 Å². The Bertz CT molecular complexity index is 1040. The van der Waals surface area contributed by atoms with Gasteiger partial charge in [-0.1, -0.05) is 24.6 Å². The van der Waals surface area contributed by atoms with Crippen molar-refractivity contribution in [2.45, 2.75) is 45.4 Å². The van der Waals surface area contributed by atoms with Crippen LogP contribution in [0, 0.1) is 18.3 Å². The van der Waals surface area contributed by atoms with E-state index in [4.69, 9.17) is 5.73 Å². The van der Waals surface area contributed by atoms with Crippen molar-refractivity contribution in [2.24, 2.45) is 5.73 Å². The Labute approximate surface area is 169 Å². The zero-order valence-electron chi connectivity index (χ0n) is 16.2. The molecule has 1 aliphatic carbocycles. The second-order valence-corrected chi connectivity index (χ2v) is 8.51. The highest BCUT2D eigenvalue weighted by Gasteiger charge is 2.40. The van der Waals surface area contributed by atoms with E-state index in [0.717, 1.165) is 46.7 Å². The summed E-state index contributed by atoms with van der Waals surface area (Å²) in [5.41, 5.74) is 10.8. The number of Topliss-reactive ketones (excluding diaryl/α,β-unsaturated/α-hetero) is 1. The molecule has 2 aromatic rings. The van der Waals surface area contributed by atoms with Crippen LogP contribution in [0.15, 0.2) is 59.1 Å². The van der Waals surface area contributed by atoms with Gasteiger partial charge in [-0.15, -0.1) is 11.3 Å². The zero-order valence-corrected chi connectivity index (χ0v) is 17.0. The number of carbonyl (C=O) groups excluding carboxylic acids is 1. The number of nitrogens with two attached hydrogens (primary N) is 1. The number of anilines is 1. The predicted octanol–water partition coefficient (Wildman–Crippen LogP) is 4.92. The topological polar surface area (TPSA) is 70.1 Å². The monoisotopic (exact) mass is 389 g/mol. The van der Waals surface area contributed by atoms with Gasteiger partial charge in [0.05, 0.1) is 17.6 Å². The Hall–Kier alpha value is -2.84. The standard InChI is InChI=1S/C23H23N3OS/c1-3-16-11-12-20(28-16)21-17(13-24)23(25)26(15-9-7-14(2)8-10-15)18-5-4-6-19(27)22(18)21/h7-12,21H,3-6,25H2,1-2H3. The molecule has 0 radical (unpaired) electrons. The lowest BCUT2D eigenvalue weighted by Gasteiger charge is -2.39. The highest BCUT2D eigenvalue weighted by atomic mass is 32.1. The van der Waals surface area contributed by atoms with E-state index < -0.39 is 0 Å². The number of rotatable bonds is 3. The Kier molecular flexibility index (Phi) is 4.82. The molecule has 4 nitrogen and oxygen atoms in total. The first-order valence-corrected chi connectivity index (χ1v) is 10.5. The third-order valence-electron chi connectivity index (χ3n) is 5.52. The number of carbonyl (C=O) groups is 1. The second-order valence-electron chi connectivity index (χ2n) is 7.31. The van der Waals surface area contributed by atoms with Crippen molar-refractivity contribution in [2.75, 3.05) is 4.90 Å². The van der Waals surface area contributed by atoms with Gasteiger partial charge in [0.15, 0.2) is 5.78 Å². The molecule has 4 rings (SSSR count). The van der Waals surface area contributed by atoms with Crippen molar-refractivity contribution in [3.8, 4) is 6.07 Å². The largest absolute Gasteiger partial charge is 0.384 e. The summed E-state index contributed by atoms with van der Waals surface area (Å²) in [5.74, 6) is 0.228. The third kappa shape index (κ3) is 2.94. The average Bonchev–Trinajstić information content (AvgIpc) is 3.17. The smallest absolute Gasteiger partial charge is 0.161 e. The van der Waals surface area contributed by atoms with E-state index in [0.29, 0.717) is 17.8 Å². The minimum atomic E-state index is -0.347. The highest BCUT2D eigenvalue weighted by Crippen LogP contribution is 2.47. The van der Waals surface area contributed by atoms with Crippen LogP contribution in [0.3, 0.4) is 0 Å². The highest BCUT2D eigenvalue weighted by molar-refractivity contribution is 7.12. The van der Waals surface area contributed by atoms with Gasteiger partial charge < -0.3 is 5.73 Å². The minimum absolute atomic E-state index is 0.134. The normalized spacial score (nSPS) is 19.7. The van der Waals surface area contributed by atoms with Crippen molar-refractivity contribution in [3.05, 3.63) is 74.4 Å². The summed E-state index contributed by atoms with van der Waals surface area (Å²) >= 11 is 1.67. The number of allylic oxidation sites excluding steroid dienone is 3. The number of hydrogen-bond donors (Lipinski definition) is 1. The van der Waals surface area contributed by atoms with Crippen LogP contribution in [0.1, 0.15) is 47.4 Å². The number of benzene rings is 1. The summed E-state index contributed by atoms with van der Waals surface area (Å²) in [5, 5.41) is 10.00. The number of ketones is 1. The van der Waals surface area contributed by atoms with Gasteiger partial charge in [0.25, 0.3) is 0 Å². The van der Waals surface area contributed by atoms with Crippen LogP contribution in [0.5, 0.6) is 0 Å². The summed E-state index contributed by atoms with van der Waals surface area (Å²) in [4.78, 5) is 17.2. The number of nitrogens with zero attached hydrogens (tertiary/aromatic N) is 2. The lowest BCUT2D eigenvalue weighted by Crippen LogP contribution is -2.38. The Morgan fingerprint density at radius 1 is 1.21 bits per heavy atom. The molecule has 142 valence electrons. The van der Waals surface area contributed by atoms with E-state index in [1.54, 1.807) is 11.3 Å². The van der Waals surface area contributed by atoms with Gasteiger partial charge in [-0.25, -0.2) is 0 Å². The Morgan fingerprint density at radius 2 is 1.96 bits per heavy atom. The molecule has 0 spiro atoms. The second kappa shape index (κ2) is 7.29. The molecule has 5 heteroatoms. The maximum absolute atomic E-state index is 13.0. The van der Waals surface area contributed by atoms with E-state index in [-0.39, 0.29) is 11.7 Å². The fourth-order valence-electron chi connectivity index (χ4n) is 4.10. The molecular weight excluding hydrogens is 366 g/mol. The molecular formula is C23H23N3OS. The molecule has 0 bridgehead atoms.